The number of carbonyl (C=O) groups is 1. The van der Waals surface area contributed by atoms with E-state index in [1.807, 2.05) is 6.92 Å². The number of benzene rings is 1. The second-order valence-electron chi connectivity index (χ2n) is 4.70. The van der Waals surface area contributed by atoms with Crippen molar-refractivity contribution in [2.24, 2.45) is 5.73 Å². The summed E-state index contributed by atoms with van der Waals surface area (Å²) in [5.41, 5.74) is 4.00. The standard InChI is InChI=1S/C13H17F3N2O.ClH/c1-3-7-12(2,17)11(19)18-10-6-4-5-9(8-10)13(14,15)16;/h4-6,8H,3,7,17H2,1-2H3,(H,18,19);1H. The molecule has 0 spiro atoms. The summed E-state index contributed by atoms with van der Waals surface area (Å²) >= 11 is 0. The number of halogens is 4. The van der Waals surface area contributed by atoms with Crippen LogP contribution in [0.3, 0.4) is 0 Å². The molecule has 3 nitrogen and oxygen atoms in total. The van der Waals surface area contributed by atoms with Crippen LogP contribution in [0.25, 0.3) is 0 Å². The molecule has 0 saturated carbocycles. The zero-order valence-electron chi connectivity index (χ0n) is 11.3. The van der Waals surface area contributed by atoms with Gasteiger partial charge in [-0.2, -0.15) is 13.2 Å². The molecule has 114 valence electrons. The molecule has 3 N–H and O–H groups in total. The van der Waals surface area contributed by atoms with Gasteiger partial charge in [-0.25, -0.2) is 0 Å². The van der Waals surface area contributed by atoms with Gasteiger partial charge in [-0.05, 0) is 31.5 Å². The summed E-state index contributed by atoms with van der Waals surface area (Å²) in [6, 6.07) is 4.48. The average Bonchev–Trinajstić information content (AvgIpc) is 2.28. The van der Waals surface area contributed by atoms with Gasteiger partial charge in [0.15, 0.2) is 0 Å². The predicted molar refractivity (Wildman–Crippen MR) is 74.8 cm³/mol. The molecule has 0 heterocycles. The number of nitrogens with one attached hydrogen (secondary N) is 1. The van der Waals surface area contributed by atoms with Gasteiger partial charge in [-0.15, -0.1) is 12.4 Å². The minimum Gasteiger partial charge on any atom is -0.324 e. The van der Waals surface area contributed by atoms with E-state index in [0.717, 1.165) is 12.1 Å². The first-order valence-electron chi connectivity index (χ1n) is 5.94. The molecule has 20 heavy (non-hydrogen) atoms. The van der Waals surface area contributed by atoms with E-state index >= 15 is 0 Å². The first-order valence-corrected chi connectivity index (χ1v) is 5.94. The third kappa shape index (κ3) is 5.02. The molecule has 0 bridgehead atoms. The van der Waals surface area contributed by atoms with Crippen LogP contribution in [0.1, 0.15) is 32.3 Å². The molecular weight excluding hydrogens is 293 g/mol. The monoisotopic (exact) mass is 310 g/mol. The fraction of sp³-hybridized carbons (Fsp3) is 0.462. The van der Waals surface area contributed by atoms with Crippen molar-refractivity contribution in [1.29, 1.82) is 0 Å². The lowest BCUT2D eigenvalue weighted by atomic mass is 9.96. The Hall–Kier alpha value is -1.27. The van der Waals surface area contributed by atoms with Gasteiger partial charge >= 0.3 is 6.18 Å². The number of alkyl halides is 3. The highest BCUT2D eigenvalue weighted by Gasteiger charge is 2.31. The molecule has 0 aromatic heterocycles. The van der Waals surface area contributed by atoms with Crippen molar-refractivity contribution in [1.82, 2.24) is 0 Å². The van der Waals surface area contributed by atoms with Crippen LogP contribution < -0.4 is 11.1 Å². The number of anilines is 1. The molecule has 1 rings (SSSR count). The third-order valence-corrected chi connectivity index (χ3v) is 2.74. The smallest absolute Gasteiger partial charge is 0.324 e. The van der Waals surface area contributed by atoms with Crippen LogP contribution in [0.15, 0.2) is 24.3 Å². The lowest BCUT2D eigenvalue weighted by molar-refractivity contribution is -0.137. The largest absolute Gasteiger partial charge is 0.416 e. The lowest BCUT2D eigenvalue weighted by Gasteiger charge is -2.23. The Kier molecular flexibility index (Phi) is 6.50. The Morgan fingerprint density at radius 2 is 1.95 bits per heavy atom. The minimum atomic E-state index is -4.43. The van der Waals surface area contributed by atoms with E-state index in [2.05, 4.69) is 5.32 Å². The number of hydrogen-bond acceptors (Lipinski definition) is 2. The van der Waals surface area contributed by atoms with E-state index in [4.69, 9.17) is 5.73 Å². The van der Waals surface area contributed by atoms with Crippen molar-refractivity contribution in [2.75, 3.05) is 5.32 Å². The van der Waals surface area contributed by atoms with Gasteiger partial charge in [0.25, 0.3) is 0 Å². The van der Waals surface area contributed by atoms with E-state index in [0.29, 0.717) is 12.8 Å². The molecule has 1 aromatic rings. The van der Waals surface area contributed by atoms with E-state index in [1.165, 1.54) is 12.1 Å². The second kappa shape index (κ2) is 6.95. The minimum absolute atomic E-state index is 0. The van der Waals surface area contributed by atoms with Gasteiger partial charge in [-0.3, -0.25) is 4.79 Å². The highest BCUT2D eigenvalue weighted by molar-refractivity contribution is 5.97. The SMILES string of the molecule is CCCC(C)(N)C(=O)Nc1cccc(C(F)(F)F)c1.Cl. The number of hydrogen-bond donors (Lipinski definition) is 2. The first kappa shape index (κ1) is 18.7. The second-order valence-corrected chi connectivity index (χ2v) is 4.70. The van der Waals surface area contributed by atoms with Gasteiger partial charge in [0.1, 0.15) is 0 Å². The maximum absolute atomic E-state index is 12.5. The number of rotatable bonds is 4. The summed E-state index contributed by atoms with van der Waals surface area (Å²) in [7, 11) is 0. The van der Waals surface area contributed by atoms with Gasteiger partial charge in [0.05, 0.1) is 11.1 Å². The van der Waals surface area contributed by atoms with Crippen LogP contribution in [-0.2, 0) is 11.0 Å². The topological polar surface area (TPSA) is 55.1 Å². The normalized spacial score (nSPS) is 14.1. The maximum Gasteiger partial charge on any atom is 0.416 e. The maximum atomic E-state index is 12.5. The lowest BCUT2D eigenvalue weighted by Crippen LogP contribution is -2.48. The van der Waals surface area contributed by atoms with Crippen molar-refractivity contribution in [3.63, 3.8) is 0 Å². The van der Waals surface area contributed by atoms with Crippen molar-refractivity contribution in [3.8, 4) is 0 Å². The molecular formula is C13H18ClF3N2O. The van der Waals surface area contributed by atoms with E-state index in [9.17, 15) is 18.0 Å². The Labute approximate surface area is 122 Å². The Morgan fingerprint density at radius 1 is 1.35 bits per heavy atom. The first-order chi connectivity index (χ1) is 8.66. The van der Waals surface area contributed by atoms with Crippen molar-refractivity contribution >= 4 is 24.0 Å². The summed E-state index contributed by atoms with van der Waals surface area (Å²) in [4.78, 5) is 11.9. The number of amides is 1. The van der Waals surface area contributed by atoms with Crippen LogP contribution in [0.2, 0.25) is 0 Å². The van der Waals surface area contributed by atoms with Crippen molar-refractivity contribution in [2.45, 2.75) is 38.4 Å². The molecule has 7 heteroatoms. The van der Waals surface area contributed by atoms with Crippen molar-refractivity contribution in [3.05, 3.63) is 29.8 Å². The van der Waals surface area contributed by atoms with Crippen LogP contribution in [-0.4, -0.2) is 11.4 Å². The molecule has 0 aliphatic rings. The molecule has 0 aliphatic heterocycles. The van der Waals surface area contributed by atoms with Crippen LogP contribution in [0, 0.1) is 0 Å². The van der Waals surface area contributed by atoms with E-state index < -0.39 is 23.2 Å². The van der Waals surface area contributed by atoms with E-state index in [-0.39, 0.29) is 18.1 Å². The zero-order chi connectivity index (χ0) is 14.7. The van der Waals surface area contributed by atoms with Gasteiger partial charge in [0.2, 0.25) is 5.91 Å². The fourth-order valence-electron chi connectivity index (χ4n) is 1.68. The molecule has 0 radical (unpaired) electrons. The Morgan fingerprint density at radius 3 is 2.45 bits per heavy atom. The van der Waals surface area contributed by atoms with Gasteiger partial charge in [-0.1, -0.05) is 19.4 Å². The molecule has 0 saturated heterocycles. The molecule has 1 atom stereocenters. The summed E-state index contributed by atoms with van der Waals surface area (Å²) in [5.74, 6) is -0.492. The predicted octanol–water partition coefficient (Wildman–Crippen LogP) is 3.58. The van der Waals surface area contributed by atoms with Gasteiger partial charge in [0, 0.05) is 5.69 Å². The molecule has 0 aliphatic carbocycles. The van der Waals surface area contributed by atoms with Crippen LogP contribution in [0.4, 0.5) is 18.9 Å². The molecule has 1 unspecified atom stereocenters. The highest BCUT2D eigenvalue weighted by atomic mass is 35.5. The summed E-state index contributed by atoms with van der Waals surface area (Å²) in [6.07, 6.45) is -3.27. The third-order valence-electron chi connectivity index (χ3n) is 2.74. The Balaban J connectivity index is 0.00000361. The molecule has 0 fully saturated rings. The van der Waals surface area contributed by atoms with Crippen molar-refractivity contribution < 1.29 is 18.0 Å². The highest BCUT2D eigenvalue weighted by Crippen LogP contribution is 2.30. The molecule has 1 amide bonds. The van der Waals surface area contributed by atoms with Gasteiger partial charge < -0.3 is 11.1 Å². The number of nitrogens with two attached hydrogens (primary N) is 1. The summed E-state index contributed by atoms with van der Waals surface area (Å²) in [6.45, 7) is 3.43. The number of carbonyl (C=O) groups excluding carboxylic acids is 1. The quantitative estimate of drug-likeness (QED) is 0.893. The summed E-state index contributed by atoms with van der Waals surface area (Å²) < 4.78 is 37.6. The Bertz CT molecular complexity index is 461. The van der Waals surface area contributed by atoms with Crippen LogP contribution >= 0.6 is 12.4 Å². The summed E-state index contributed by atoms with van der Waals surface area (Å²) in [5, 5.41) is 2.42. The zero-order valence-corrected chi connectivity index (χ0v) is 12.1. The average molecular weight is 311 g/mol. The van der Waals surface area contributed by atoms with Crippen LogP contribution in [0.5, 0.6) is 0 Å². The molecule has 1 aromatic carbocycles. The fourth-order valence-corrected chi connectivity index (χ4v) is 1.68. The van der Waals surface area contributed by atoms with E-state index in [1.54, 1.807) is 6.92 Å².